The van der Waals surface area contributed by atoms with E-state index in [0.29, 0.717) is 0 Å². The van der Waals surface area contributed by atoms with Crippen molar-refractivity contribution in [1.82, 2.24) is 9.97 Å². The van der Waals surface area contributed by atoms with Crippen LogP contribution in [0.1, 0.15) is 36.3 Å². The number of benzene rings is 1. The Labute approximate surface area is 113 Å². The third-order valence-electron chi connectivity index (χ3n) is 4.04. The van der Waals surface area contributed by atoms with Gasteiger partial charge < -0.3 is 10.1 Å². The third kappa shape index (κ3) is 1.66. The van der Waals surface area contributed by atoms with Gasteiger partial charge in [0.05, 0.1) is 12.4 Å². The molecule has 2 N–H and O–H groups in total. The quantitative estimate of drug-likeness (QED) is 0.876. The van der Waals surface area contributed by atoms with Crippen molar-refractivity contribution in [2.45, 2.75) is 31.3 Å². The number of nitrogens with one attached hydrogen (secondary N) is 1. The molecule has 96 valence electrons. The fourth-order valence-electron chi connectivity index (χ4n) is 2.98. The average Bonchev–Trinajstić information content (AvgIpc) is 2.97. The summed E-state index contributed by atoms with van der Waals surface area (Å²) in [5.41, 5.74) is 3.10. The maximum absolute atomic E-state index is 10.6. The summed E-state index contributed by atoms with van der Waals surface area (Å²) in [6, 6.07) is 8.14. The molecule has 0 saturated carbocycles. The predicted octanol–water partition coefficient (Wildman–Crippen LogP) is 2.77. The highest BCUT2D eigenvalue weighted by Crippen LogP contribution is 2.48. The van der Waals surface area contributed by atoms with Gasteiger partial charge in [-0.15, -0.1) is 12.4 Å². The molecule has 2 unspecified atom stereocenters. The maximum atomic E-state index is 10.6. The zero-order chi connectivity index (χ0) is 11.9. The number of aromatic nitrogens is 2. The molecule has 0 spiro atoms. The molecule has 1 aliphatic carbocycles. The van der Waals surface area contributed by atoms with Crippen LogP contribution in [0.3, 0.4) is 0 Å². The fraction of sp³-hybridized carbons (Fsp3) is 0.357. The van der Waals surface area contributed by atoms with Gasteiger partial charge in [-0.05, 0) is 24.0 Å². The van der Waals surface area contributed by atoms with Gasteiger partial charge in [-0.2, -0.15) is 0 Å². The smallest absolute Gasteiger partial charge is 0.0921 e. The lowest BCUT2D eigenvalue weighted by atomic mass is 9.77. The van der Waals surface area contributed by atoms with E-state index < -0.39 is 6.10 Å². The Morgan fingerprint density at radius 1 is 1.44 bits per heavy atom. The van der Waals surface area contributed by atoms with Crippen LogP contribution in [-0.2, 0) is 11.8 Å². The Bertz CT molecular complexity index is 526. The largest absolute Gasteiger partial charge is 0.387 e. The van der Waals surface area contributed by atoms with Gasteiger partial charge >= 0.3 is 0 Å². The zero-order valence-corrected chi connectivity index (χ0v) is 11.1. The van der Waals surface area contributed by atoms with Crippen molar-refractivity contribution in [1.29, 1.82) is 0 Å². The first kappa shape index (κ1) is 13.1. The summed E-state index contributed by atoms with van der Waals surface area (Å²) in [5, 5.41) is 10.6. The highest BCUT2D eigenvalue weighted by Gasteiger charge is 2.46. The number of rotatable bonds is 2. The van der Waals surface area contributed by atoms with Crippen molar-refractivity contribution in [3.8, 4) is 0 Å². The van der Waals surface area contributed by atoms with Gasteiger partial charge in [0.1, 0.15) is 0 Å². The van der Waals surface area contributed by atoms with E-state index >= 15 is 0 Å². The van der Waals surface area contributed by atoms with Gasteiger partial charge in [0.2, 0.25) is 0 Å². The SMILES string of the molecule is CCC1(c2cnc[nH]2)Cc2ccccc2C1O.Cl. The molecule has 0 bridgehead atoms. The van der Waals surface area contributed by atoms with E-state index in [4.69, 9.17) is 0 Å². The number of H-pyrrole nitrogens is 1. The molecule has 1 heterocycles. The van der Waals surface area contributed by atoms with Gasteiger partial charge in [-0.25, -0.2) is 4.98 Å². The highest BCUT2D eigenvalue weighted by molar-refractivity contribution is 5.85. The fourth-order valence-corrected chi connectivity index (χ4v) is 2.98. The van der Waals surface area contributed by atoms with Crippen molar-refractivity contribution >= 4 is 12.4 Å². The number of hydrogen-bond donors (Lipinski definition) is 2. The van der Waals surface area contributed by atoms with E-state index in [2.05, 4.69) is 23.0 Å². The van der Waals surface area contributed by atoms with E-state index in [0.717, 1.165) is 24.1 Å². The first-order valence-electron chi connectivity index (χ1n) is 6.02. The molecule has 0 saturated heterocycles. The number of nitrogens with zero attached hydrogens (tertiary/aromatic N) is 1. The Balaban J connectivity index is 0.00000120. The van der Waals surface area contributed by atoms with Crippen molar-refractivity contribution in [3.63, 3.8) is 0 Å². The summed E-state index contributed by atoms with van der Waals surface area (Å²) in [7, 11) is 0. The molecule has 1 aliphatic rings. The van der Waals surface area contributed by atoms with Gasteiger partial charge in [0.25, 0.3) is 0 Å². The molecule has 3 rings (SSSR count). The van der Waals surface area contributed by atoms with Crippen molar-refractivity contribution in [2.24, 2.45) is 0 Å². The lowest BCUT2D eigenvalue weighted by Gasteiger charge is -2.30. The number of hydrogen-bond acceptors (Lipinski definition) is 2. The lowest BCUT2D eigenvalue weighted by molar-refractivity contribution is 0.0892. The predicted molar refractivity (Wildman–Crippen MR) is 72.9 cm³/mol. The average molecular weight is 265 g/mol. The minimum atomic E-state index is -0.441. The molecule has 0 radical (unpaired) electrons. The Morgan fingerprint density at radius 3 is 2.83 bits per heavy atom. The van der Waals surface area contributed by atoms with Crippen molar-refractivity contribution in [3.05, 3.63) is 53.6 Å². The minimum Gasteiger partial charge on any atom is -0.387 e. The number of halogens is 1. The van der Waals surface area contributed by atoms with E-state index in [9.17, 15) is 5.11 Å². The number of aromatic amines is 1. The first-order valence-corrected chi connectivity index (χ1v) is 6.02. The van der Waals surface area contributed by atoms with Crippen molar-refractivity contribution < 1.29 is 5.11 Å². The number of fused-ring (bicyclic) bond motifs is 1. The van der Waals surface area contributed by atoms with Crippen LogP contribution in [-0.4, -0.2) is 15.1 Å². The van der Waals surface area contributed by atoms with Crippen LogP contribution in [0.15, 0.2) is 36.8 Å². The molecule has 1 aromatic heterocycles. The zero-order valence-electron chi connectivity index (χ0n) is 10.3. The molecule has 0 amide bonds. The molecule has 0 fully saturated rings. The van der Waals surface area contributed by atoms with Crippen LogP contribution in [0.4, 0.5) is 0 Å². The monoisotopic (exact) mass is 264 g/mol. The Hall–Kier alpha value is -1.32. The molecular formula is C14H17ClN2O. The minimum absolute atomic E-state index is 0. The molecule has 18 heavy (non-hydrogen) atoms. The number of imidazole rings is 1. The lowest BCUT2D eigenvalue weighted by Crippen LogP contribution is -2.30. The van der Waals surface area contributed by atoms with Crippen LogP contribution in [0.25, 0.3) is 0 Å². The van der Waals surface area contributed by atoms with E-state index in [1.54, 1.807) is 6.33 Å². The van der Waals surface area contributed by atoms with Gasteiger partial charge in [-0.1, -0.05) is 31.2 Å². The Kier molecular flexibility index (Phi) is 3.46. The van der Waals surface area contributed by atoms with Crippen LogP contribution >= 0.6 is 12.4 Å². The summed E-state index contributed by atoms with van der Waals surface area (Å²) in [5.74, 6) is 0. The van der Waals surface area contributed by atoms with Crippen LogP contribution in [0.5, 0.6) is 0 Å². The Morgan fingerprint density at radius 2 is 2.22 bits per heavy atom. The molecular weight excluding hydrogens is 248 g/mol. The number of aliphatic hydroxyl groups excluding tert-OH is 1. The van der Waals surface area contributed by atoms with E-state index in [1.807, 2.05) is 24.4 Å². The summed E-state index contributed by atoms with van der Waals surface area (Å²) in [6.07, 6.45) is 4.85. The molecule has 1 aromatic carbocycles. The van der Waals surface area contributed by atoms with Gasteiger partial charge in [0.15, 0.2) is 0 Å². The second-order valence-electron chi connectivity index (χ2n) is 4.75. The van der Waals surface area contributed by atoms with Crippen LogP contribution in [0, 0.1) is 0 Å². The standard InChI is InChI=1S/C14H16N2O.ClH/c1-2-14(12-8-15-9-16-12)7-10-5-3-4-6-11(10)13(14)17;/h3-6,8-9,13,17H,2,7H2,1H3,(H,15,16);1H. The molecule has 3 nitrogen and oxygen atoms in total. The van der Waals surface area contributed by atoms with Gasteiger partial charge in [0, 0.05) is 17.3 Å². The highest BCUT2D eigenvalue weighted by atomic mass is 35.5. The maximum Gasteiger partial charge on any atom is 0.0921 e. The van der Waals surface area contributed by atoms with Crippen LogP contribution in [0.2, 0.25) is 0 Å². The normalized spacial score (nSPS) is 25.6. The molecule has 2 aromatic rings. The third-order valence-corrected chi connectivity index (χ3v) is 4.04. The van der Waals surface area contributed by atoms with Crippen LogP contribution < -0.4 is 0 Å². The first-order chi connectivity index (χ1) is 8.28. The molecule has 0 aliphatic heterocycles. The number of aliphatic hydroxyl groups is 1. The summed E-state index contributed by atoms with van der Waals surface area (Å²) >= 11 is 0. The second-order valence-corrected chi connectivity index (χ2v) is 4.75. The van der Waals surface area contributed by atoms with E-state index in [1.165, 1.54) is 5.56 Å². The summed E-state index contributed by atoms with van der Waals surface area (Å²) in [4.78, 5) is 7.26. The van der Waals surface area contributed by atoms with Gasteiger partial charge in [-0.3, -0.25) is 0 Å². The van der Waals surface area contributed by atoms with E-state index in [-0.39, 0.29) is 17.8 Å². The van der Waals surface area contributed by atoms with Crippen molar-refractivity contribution in [2.75, 3.05) is 0 Å². The molecule has 4 heteroatoms. The summed E-state index contributed by atoms with van der Waals surface area (Å²) in [6.45, 7) is 2.12. The summed E-state index contributed by atoms with van der Waals surface area (Å²) < 4.78 is 0. The molecule has 2 atom stereocenters. The second kappa shape index (κ2) is 4.75. The topological polar surface area (TPSA) is 48.9 Å².